The van der Waals surface area contributed by atoms with Crippen molar-refractivity contribution in [2.75, 3.05) is 19.6 Å². The third-order valence-electron chi connectivity index (χ3n) is 9.03. The minimum atomic E-state index is -0.798. The SMILES string of the molecule is O=C1CC2(CCN(C(=O)c3ccc(F)cc3)CC2)NC(=O)Cc2ccccc2CNC(=O)[C@@H](NC2CCCC2)CCCN1. The first-order valence-corrected chi connectivity index (χ1v) is 15.5. The van der Waals surface area contributed by atoms with Gasteiger partial charge < -0.3 is 26.2 Å². The van der Waals surface area contributed by atoms with Crippen LogP contribution in [-0.4, -0.2) is 65.8 Å². The summed E-state index contributed by atoms with van der Waals surface area (Å²) in [6.45, 7) is 1.48. The number of halogens is 1. The molecule has 5 rings (SSSR count). The molecule has 4 N–H and O–H groups in total. The maximum absolute atomic E-state index is 13.4. The molecule has 0 radical (unpaired) electrons. The van der Waals surface area contributed by atoms with E-state index in [1.165, 1.54) is 24.3 Å². The minimum Gasteiger partial charge on any atom is -0.356 e. The molecule has 1 spiro atoms. The maximum atomic E-state index is 13.4. The Bertz CT molecular complexity index is 1300. The van der Waals surface area contributed by atoms with E-state index in [0.29, 0.717) is 63.5 Å². The fraction of sp³-hybridized carbons (Fsp3) is 0.515. The number of nitrogens with zero attached hydrogens (tertiary/aromatic N) is 1. The summed E-state index contributed by atoms with van der Waals surface area (Å²) in [6.07, 6.45) is 6.75. The van der Waals surface area contributed by atoms with E-state index in [0.717, 1.165) is 36.8 Å². The van der Waals surface area contributed by atoms with Crippen molar-refractivity contribution in [1.29, 1.82) is 0 Å². The molecule has 2 aliphatic heterocycles. The number of hydrogen-bond acceptors (Lipinski definition) is 5. The Labute approximate surface area is 252 Å². The summed E-state index contributed by atoms with van der Waals surface area (Å²) in [6, 6.07) is 13.0. The van der Waals surface area contributed by atoms with Gasteiger partial charge in [0, 0.05) is 44.2 Å². The highest BCUT2D eigenvalue weighted by Crippen LogP contribution is 2.28. The van der Waals surface area contributed by atoms with Gasteiger partial charge in [0.2, 0.25) is 17.7 Å². The van der Waals surface area contributed by atoms with E-state index in [1.54, 1.807) is 4.90 Å². The van der Waals surface area contributed by atoms with Crippen molar-refractivity contribution in [3.63, 3.8) is 0 Å². The molecule has 1 atom stereocenters. The first kappa shape index (κ1) is 30.7. The van der Waals surface area contributed by atoms with Gasteiger partial charge >= 0.3 is 0 Å². The first-order valence-electron chi connectivity index (χ1n) is 15.5. The molecule has 2 fully saturated rings. The van der Waals surface area contributed by atoms with Crippen LogP contribution in [0.15, 0.2) is 48.5 Å². The van der Waals surface area contributed by atoms with Gasteiger partial charge in [-0.2, -0.15) is 0 Å². The predicted octanol–water partition coefficient (Wildman–Crippen LogP) is 2.98. The van der Waals surface area contributed by atoms with Crippen molar-refractivity contribution < 1.29 is 23.6 Å². The van der Waals surface area contributed by atoms with Crippen LogP contribution in [0.4, 0.5) is 4.39 Å². The van der Waals surface area contributed by atoms with Gasteiger partial charge in [-0.05, 0) is 73.9 Å². The van der Waals surface area contributed by atoms with Crippen LogP contribution in [0.3, 0.4) is 0 Å². The lowest BCUT2D eigenvalue weighted by atomic mass is 9.83. The van der Waals surface area contributed by atoms with Gasteiger partial charge in [-0.1, -0.05) is 37.1 Å². The monoisotopic (exact) mass is 591 g/mol. The topological polar surface area (TPSA) is 120 Å². The Morgan fingerprint density at radius 2 is 1.56 bits per heavy atom. The number of carbonyl (C=O) groups excluding carboxylic acids is 4. The third kappa shape index (κ3) is 8.19. The fourth-order valence-corrected chi connectivity index (χ4v) is 6.55. The molecule has 10 heteroatoms. The van der Waals surface area contributed by atoms with Crippen LogP contribution in [0.2, 0.25) is 0 Å². The number of fused-ring (bicyclic) bond motifs is 1. The fourth-order valence-electron chi connectivity index (χ4n) is 6.55. The number of rotatable bonds is 3. The summed E-state index contributed by atoms with van der Waals surface area (Å²) in [4.78, 5) is 54.6. The van der Waals surface area contributed by atoms with Gasteiger partial charge in [-0.25, -0.2) is 4.39 Å². The van der Waals surface area contributed by atoms with Crippen LogP contribution in [0.1, 0.15) is 79.3 Å². The average molecular weight is 592 g/mol. The molecule has 4 amide bonds. The zero-order chi connectivity index (χ0) is 30.2. The highest BCUT2D eigenvalue weighted by Gasteiger charge is 2.39. The molecule has 1 saturated carbocycles. The van der Waals surface area contributed by atoms with Gasteiger partial charge in [-0.15, -0.1) is 0 Å². The lowest BCUT2D eigenvalue weighted by Gasteiger charge is -2.42. The molecule has 1 aliphatic carbocycles. The van der Waals surface area contributed by atoms with E-state index in [4.69, 9.17) is 0 Å². The molecule has 9 nitrogen and oxygen atoms in total. The van der Waals surface area contributed by atoms with E-state index in [-0.39, 0.29) is 42.5 Å². The number of benzene rings is 2. The average Bonchev–Trinajstić information content (AvgIpc) is 3.51. The van der Waals surface area contributed by atoms with E-state index >= 15 is 0 Å². The molecule has 2 heterocycles. The van der Waals surface area contributed by atoms with E-state index < -0.39 is 11.4 Å². The van der Waals surface area contributed by atoms with Crippen molar-refractivity contribution in [1.82, 2.24) is 26.2 Å². The summed E-state index contributed by atoms with van der Waals surface area (Å²) in [7, 11) is 0. The molecule has 2 aromatic carbocycles. The van der Waals surface area contributed by atoms with Crippen LogP contribution < -0.4 is 21.3 Å². The summed E-state index contributed by atoms with van der Waals surface area (Å²) < 4.78 is 13.4. The Morgan fingerprint density at radius 3 is 2.28 bits per heavy atom. The van der Waals surface area contributed by atoms with E-state index in [2.05, 4.69) is 21.3 Å². The van der Waals surface area contributed by atoms with Crippen molar-refractivity contribution >= 4 is 23.6 Å². The Morgan fingerprint density at radius 1 is 0.860 bits per heavy atom. The lowest BCUT2D eigenvalue weighted by Crippen LogP contribution is -2.58. The number of nitrogens with one attached hydrogen (secondary N) is 4. The summed E-state index contributed by atoms with van der Waals surface area (Å²) in [5.41, 5.74) is 1.30. The second kappa shape index (κ2) is 14.1. The zero-order valence-corrected chi connectivity index (χ0v) is 24.6. The van der Waals surface area contributed by atoms with Gasteiger partial charge in [-0.3, -0.25) is 19.2 Å². The summed E-state index contributed by atoms with van der Waals surface area (Å²) in [5.74, 6) is -1.05. The van der Waals surface area contributed by atoms with Crippen molar-refractivity contribution in [2.45, 2.75) is 88.4 Å². The van der Waals surface area contributed by atoms with E-state index in [9.17, 15) is 23.6 Å². The summed E-state index contributed by atoms with van der Waals surface area (Å²) in [5, 5.41) is 12.8. The zero-order valence-electron chi connectivity index (χ0n) is 24.6. The Balaban J connectivity index is 1.30. The molecule has 0 unspecified atom stereocenters. The Kier molecular flexibility index (Phi) is 10.1. The highest BCUT2D eigenvalue weighted by atomic mass is 19.1. The second-order valence-corrected chi connectivity index (χ2v) is 12.2. The molecule has 43 heavy (non-hydrogen) atoms. The van der Waals surface area contributed by atoms with Gasteiger partial charge in [0.1, 0.15) is 5.82 Å². The van der Waals surface area contributed by atoms with Crippen molar-refractivity contribution in [2.24, 2.45) is 0 Å². The van der Waals surface area contributed by atoms with Crippen LogP contribution in [-0.2, 0) is 27.3 Å². The van der Waals surface area contributed by atoms with Crippen LogP contribution in [0, 0.1) is 5.82 Å². The molecule has 0 aromatic heterocycles. The van der Waals surface area contributed by atoms with Gasteiger partial charge in [0.25, 0.3) is 5.91 Å². The largest absolute Gasteiger partial charge is 0.356 e. The Hall–Kier alpha value is -3.79. The predicted molar refractivity (Wildman–Crippen MR) is 160 cm³/mol. The number of likely N-dealkylation sites (tertiary alicyclic amines) is 1. The lowest BCUT2D eigenvalue weighted by molar-refractivity contribution is -0.126. The van der Waals surface area contributed by atoms with Crippen LogP contribution in [0.5, 0.6) is 0 Å². The molecule has 230 valence electrons. The van der Waals surface area contributed by atoms with Crippen LogP contribution in [0.25, 0.3) is 0 Å². The number of piperidine rings is 1. The second-order valence-electron chi connectivity index (χ2n) is 12.2. The molecule has 2 aromatic rings. The molecular weight excluding hydrogens is 549 g/mol. The third-order valence-corrected chi connectivity index (χ3v) is 9.03. The highest BCUT2D eigenvalue weighted by molar-refractivity contribution is 5.94. The minimum absolute atomic E-state index is 0.0644. The smallest absolute Gasteiger partial charge is 0.253 e. The standard InChI is InChI=1S/C33H42FN5O4/c34-26-13-11-23(12-14-26)32(43)39-18-15-33(16-19-39)21-30(41)35-17-5-10-28(37-27-8-3-4-9-27)31(42)36-22-25-7-2-1-6-24(25)20-29(40)38-33/h1-2,6-7,11-14,27-28,37H,3-5,8-10,15-22H2,(H,35,41)(H,36,42)(H,38,40)/t28-/m0/s1. The normalized spacial score (nSPS) is 22.4. The van der Waals surface area contributed by atoms with Crippen molar-refractivity contribution in [3.8, 4) is 0 Å². The van der Waals surface area contributed by atoms with E-state index in [1.807, 2.05) is 24.3 Å². The maximum Gasteiger partial charge on any atom is 0.253 e. The number of carbonyl (C=O) groups is 4. The van der Waals surface area contributed by atoms with Crippen molar-refractivity contribution in [3.05, 3.63) is 71.0 Å². The first-order chi connectivity index (χ1) is 20.8. The van der Waals surface area contributed by atoms with Gasteiger partial charge in [0.15, 0.2) is 0 Å². The molecule has 3 aliphatic rings. The number of amides is 4. The molecule has 0 bridgehead atoms. The molecular formula is C33H42FN5O4. The number of hydrogen-bond donors (Lipinski definition) is 4. The molecule has 1 saturated heterocycles. The quantitative estimate of drug-likeness (QED) is 0.438. The van der Waals surface area contributed by atoms with Gasteiger partial charge in [0.05, 0.1) is 18.0 Å². The summed E-state index contributed by atoms with van der Waals surface area (Å²) >= 11 is 0. The van der Waals surface area contributed by atoms with Crippen LogP contribution >= 0.6 is 0 Å².